The van der Waals surface area contributed by atoms with Crippen molar-refractivity contribution in [1.29, 1.82) is 5.26 Å². The maximum atomic E-state index is 12.4. The minimum absolute atomic E-state index is 0.0704. The van der Waals surface area contributed by atoms with Gasteiger partial charge in [0.05, 0.1) is 27.0 Å². The van der Waals surface area contributed by atoms with Crippen LogP contribution in [0.25, 0.3) is 11.3 Å². The first-order valence-electron chi connectivity index (χ1n) is 8.27. The van der Waals surface area contributed by atoms with Crippen molar-refractivity contribution in [2.24, 2.45) is 0 Å². The number of H-pyrrole nitrogens is 1. The van der Waals surface area contributed by atoms with Crippen molar-refractivity contribution >= 4 is 11.6 Å². The summed E-state index contributed by atoms with van der Waals surface area (Å²) in [6.07, 6.45) is 0. The number of hydrogen-bond donors (Lipinski definition) is 2. The first kappa shape index (κ1) is 18.8. The molecule has 142 valence electrons. The van der Waals surface area contributed by atoms with Crippen LogP contribution in [0.15, 0.2) is 47.3 Å². The summed E-state index contributed by atoms with van der Waals surface area (Å²) in [4.78, 5) is 19.4. The van der Waals surface area contributed by atoms with Crippen LogP contribution >= 0.6 is 0 Å². The van der Waals surface area contributed by atoms with Gasteiger partial charge in [0.2, 0.25) is 5.95 Å². The van der Waals surface area contributed by atoms with E-state index in [2.05, 4.69) is 15.3 Å². The minimum atomic E-state index is -0.541. The van der Waals surface area contributed by atoms with Crippen LogP contribution in [0.4, 0.5) is 11.6 Å². The molecule has 3 rings (SSSR count). The van der Waals surface area contributed by atoms with Crippen molar-refractivity contribution in [3.63, 3.8) is 0 Å². The number of nitriles is 1. The zero-order valence-corrected chi connectivity index (χ0v) is 15.6. The van der Waals surface area contributed by atoms with Crippen molar-refractivity contribution in [2.45, 2.75) is 0 Å². The Balaban J connectivity index is 2.05. The monoisotopic (exact) mass is 378 g/mol. The normalized spacial score (nSPS) is 10.1. The third-order valence-corrected chi connectivity index (χ3v) is 4.01. The van der Waals surface area contributed by atoms with Gasteiger partial charge in [0.25, 0.3) is 5.56 Å². The number of hydrogen-bond acceptors (Lipinski definition) is 7. The van der Waals surface area contributed by atoms with Crippen molar-refractivity contribution < 1.29 is 14.2 Å². The number of aromatic amines is 1. The molecule has 0 aliphatic heterocycles. The molecule has 0 saturated carbocycles. The summed E-state index contributed by atoms with van der Waals surface area (Å²) in [6.45, 7) is 0. The molecule has 0 unspecified atom stereocenters. The van der Waals surface area contributed by atoms with Crippen LogP contribution in [0, 0.1) is 11.3 Å². The standard InChI is InChI=1S/C20H18N4O4/c1-26-14-6-4-12(5-7-14)18-17(11-21)19(25)24-20(23-18)22-13-8-15(27-2)10-16(9-13)28-3/h4-10H,1-3H3,(H2,22,23,24,25). The SMILES string of the molecule is COc1ccc(-c2nc(Nc3cc(OC)cc(OC)c3)[nH]c(=O)c2C#N)cc1. The predicted octanol–water partition coefficient (Wildman–Crippen LogP) is 3.08. The zero-order chi connectivity index (χ0) is 20.1. The van der Waals surface area contributed by atoms with E-state index < -0.39 is 5.56 Å². The third-order valence-electron chi connectivity index (χ3n) is 4.01. The number of ether oxygens (including phenoxy) is 3. The van der Waals surface area contributed by atoms with E-state index in [4.69, 9.17) is 14.2 Å². The highest BCUT2D eigenvalue weighted by atomic mass is 16.5. The van der Waals surface area contributed by atoms with Gasteiger partial charge in [-0.3, -0.25) is 9.78 Å². The van der Waals surface area contributed by atoms with E-state index in [1.54, 1.807) is 63.8 Å². The molecule has 8 nitrogen and oxygen atoms in total. The lowest BCUT2D eigenvalue weighted by atomic mass is 10.1. The fourth-order valence-corrected chi connectivity index (χ4v) is 2.61. The maximum absolute atomic E-state index is 12.4. The van der Waals surface area contributed by atoms with Crippen LogP contribution in [0.1, 0.15) is 5.56 Å². The molecule has 8 heteroatoms. The van der Waals surface area contributed by atoms with E-state index in [0.717, 1.165) is 0 Å². The van der Waals surface area contributed by atoms with Crippen molar-refractivity contribution in [2.75, 3.05) is 26.6 Å². The summed E-state index contributed by atoms with van der Waals surface area (Å²) in [7, 11) is 4.65. The Labute approximate surface area is 161 Å². The maximum Gasteiger partial charge on any atom is 0.270 e. The van der Waals surface area contributed by atoms with E-state index in [-0.39, 0.29) is 17.2 Å². The summed E-state index contributed by atoms with van der Waals surface area (Å²) < 4.78 is 15.6. The second kappa shape index (κ2) is 8.14. The average Bonchev–Trinajstić information content (AvgIpc) is 2.73. The predicted molar refractivity (Wildman–Crippen MR) is 104 cm³/mol. The number of rotatable bonds is 6. The number of aromatic nitrogens is 2. The molecular weight excluding hydrogens is 360 g/mol. The molecule has 0 radical (unpaired) electrons. The Hall–Kier alpha value is -3.99. The molecule has 0 saturated heterocycles. The van der Waals surface area contributed by atoms with Crippen molar-refractivity contribution in [1.82, 2.24) is 9.97 Å². The summed E-state index contributed by atoms with van der Waals surface area (Å²) >= 11 is 0. The van der Waals surface area contributed by atoms with Gasteiger partial charge in [-0.05, 0) is 24.3 Å². The van der Waals surface area contributed by atoms with Gasteiger partial charge in [-0.2, -0.15) is 5.26 Å². The third kappa shape index (κ3) is 3.88. The highest BCUT2D eigenvalue weighted by Crippen LogP contribution is 2.28. The topological polar surface area (TPSA) is 109 Å². The van der Waals surface area contributed by atoms with Crippen LogP contribution in [0.5, 0.6) is 17.2 Å². The lowest BCUT2D eigenvalue weighted by molar-refractivity contribution is 0.395. The second-order valence-corrected chi connectivity index (χ2v) is 5.70. The summed E-state index contributed by atoms with van der Waals surface area (Å²) in [5.74, 6) is 2.00. The number of methoxy groups -OCH3 is 3. The molecule has 0 aliphatic carbocycles. The Morgan fingerprint density at radius 1 is 0.964 bits per heavy atom. The molecule has 1 aromatic heterocycles. The number of anilines is 2. The van der Waals surface area contributed by atoms with Gasteiger partial charge in [-0.15, -0.1) is 0 Å². The van der Waals surface area contributed by atoms with Gasteiger partial charge < -0.3 is 19.5 Å². The molecular formula is C20H18N4O4. The first-order chi connectivity index (χ1) is 13.6. The lowest BCUT2D eigenvalue weighted by Crippen LogP contribution is -2.16. The minimum Gasteiger partial charge on any atom is -0.497 e. The molecule has 0 aliphatic rings. The Morgan fingerprint density at radius 3 is 2.11 bits per heavy atom. The van der Waals surface area contributed by atoms with Crippen LogP contribution in [0.3, 0.4) is 0 Å². The largest absolute Gasteiger partial charge is 0.497 e. The Morgan fingerprint density at radius 2 is 1.57 bits per heavy atom. The number of nitrogens with zero attached hydrogens (tertiary/aromatic N) is 2. The molecule has 1 heterocycles. The van der Waals surface area contributed by atoms with Gasteiger partial charge >= 0.3 is 0 Å². The fourth-order valence-electron chi connectivity index (χ4n) is 2.61. The van der Waals surface area contributed by atoms with E-state index in [0.29, 0.717) is 28.5 Å². The number of nitrogens with one attached hydrogen (secondary N) is 2. The summed E-state index contributed by atoms with van der Waals surface area (Å²) in [5.41, 5.74) is 0.880. The van der Waals surface area contributed by atoms with Crippen LogP contribution in [0.2, 0.25) is 0 Å². The molecule has 0 fully saturated rings. The van der Waals surface area contributed by atoms with Crippen LogP contribution in [-0.4, -0.2) is 31.3 Å². The Kier molecular flexibility index (Phi) is 5.46. The smallest absolute Gasteiger partial charge is 0.270 e. The molecule has 0 spiro atoms. The van der Waals surface area contributed by atoms with E-state index >= 15 is 0 Å². The van der Waals surface area contributed by atoms with Gasteiger partial charge in [-0.25, -0.2) is 4.98 Å². The second-order valence-electron chi connectivity index (χ2n) is 5.70. The first-order valence-corrected chi connectivity index (χ1v) is 8.27. The molecule has 0 amide bonds. The van der Waals surface area contributed by atoms with Gasteiger partial charge in [0.15, 0.2) is 0 Å². The summed E-state index contributed by atoms with van der Waals surface area (Å²) in [6, 6.07) is 14.0. The fraction of sp³-hybridized carbons (Fsp3) is 0.150. The molecule has 0 bridgehead atoms. The van der Waals surface area contributed by atoms with Gasteiger partial charge in [0.1, 0.15) is 28.9 Å². The van der Waals surface area contributed by atoms with Gasteiger partial charge in [0, 0.05) is 29.4 Å². The number of benzene rings is 2. The quantitative estimate of drug-likeness (QED) is 0.678. The molecule has 2 aromatic carbocycles. The Bertz CT molecular complexity index is 1060. The van der Waals surface area contributed by atoms with Crippen molar-refractivity contribution in [3.05, 3.63) is 58.4 Å². The van der Waals surface area contributed by atoms with Crippen molar-refractivity contribution in [3.8, 4) is 34.6 Å². The molecule has 0 atom stereocenters. The summed E-state index contributed by atoms with van der Waals surface area (Å²) in [5, 5.41) is 12.4. The molecule has 28 heavy (non-hydrogen) atoms. The van der Waals surface area contributed by atoms with E-state index in [1.807, 2.05) is 6.07 Å². The van der Waals surface area contributed by atoms with Crippen LogP contribution in [-0.2, 0) is 0 Å². The highest BCUT2D eigenvalue weighted by molar-refractivity contribution is 5.69. The zero-order valence-electron chi connectivity index (χ0n) is 15.6. The molecule has 2 N–H and O–H groups in total. The van der Waals surface area contributed by atoms with E-state index in [1.165, 1.54) is 0 Å². The highest BCUT2D eigenvalue weighted by Gasteiger charge is 2.14. The van der Waals surface area contributed by atoms with E-state index in [9.17, 15) is 10.1 Å². The lowest BCUT2D eigenvalue weighted by Gasteiger charge is -2.11. The van der Waals surface area contributed by atoms with Crippen LogP contribution < -0.4 is 25.1 Å². The average molecular weight is 378 g/mol. The molecule has 3 aromatic rings. The van der Waals surface area contributed by atoms with Gasteiger partial charge in [-0.1, -0.05) is 0 Å².